The number of benzene rings is 16. The van der Waals surface area contributed by atoms with E-state index in [0.717, 1.165) is 17.0 Å². The van der Waals surface area contributed by atoms with E-state index in [0.29, 0.717) is 11.8 Å². The fourth-order valence-electron chi connectivity index (χ4n) is 25.1. The molecule has 0 spiro atoms. The van der Waals surface area contributed by atoms with Gasteiger partial charge in [0.25, 0.3) is 0 Å². The summed E-state index contributed by atoms with van der Waals surface area (Å²) in [7, 11) is 0. The van der Waals surface area contributed by atoms with Gasteiger partial charge in [0.15, 0.2) is 0 Å². The summed E-state index contributed by atoms with van der Waals surface area (Å²) < 4.78 is 15.6. The number of rotatable bonds is 9. The Balaban J connectivity index is 0.663. The molecule has 6 aliphatic heterocycles. The van der Waals surface area contributed by atoms with E-state index in [4.69, 9.17) is 0 Å². The van der Waals surface area contributed by atoms with E-state index in [1.807, 2.05) is 0 Å². The summed E-state index contributed by atoms with van der Waals surface area (Å²) in [5.74, 6) is 1.44. The van der Waals surface area contributed by atoms with Crippen LogP contribution in [0.4, 0.5) is 0 Å². The fourth-order valence-corrected chi connectivity index (χ4v) is 25.1. The molecule has 122 heavy (non-hydrogen) atoms. The van der Waals surface area contributed by atoms with Gasteiger partial charge in [-0.2, -0.15) is 0 Å². The third-order valence-electron chi connectivity index (χ3n) is 30.4. The summed E-state index contributed by atoms with van der Waals surface area (Å²) in [6.07, 6.45) is 0. The highest BCUT2D eigenvalue weighted by Gasteiger charge is 2.51. The lowest BCUT2D eigenvalue weighted by molar-refractivity contribution is 0.834. The molecule has 0 radical (unpaired) electrons. The van der Waals surface area contributed by atoms with E-state index in [2.05, 4.69) is 398 Å². The van der Waals surface area contributed by atoms with Gasteiger partial charge in [-0.15, -0.1) is 0 Å². The first-order valence-electron chi connectivity index (χ1n) is 44.2. The van der Waals surface area contributed by atoms with Crippen LogP contribution in [0.1, 0.15) is 147 Å². The second-order valence-corrected chi connectivity index (χ2v) is 36.9. The first-order chi connectivity index (χ1) is 59.9. The standard InChI is InChI=1S/C114H82B2N6/c1-61(2)68-48-84-63(5)88-53-72(117-96-39-21-15-32-77(96)78-33-16-22-40-97(78)117)57-92-93-58-73(54-89-64(6)85(49-68)107(84)115(109(88)92)110(89)93)118-98-41-23-17-34-79(98)104-76(38-27-45-102(104)118)67-46-47-83-103(52-67)120(71-30-13-10-14-31-71)114-106(83)82-37-20-26-44-101(82)122(114)75-56-91-66(8)87-51-69(62(3)4)50-86-65(7)90-55-74(59-94-95(60-75)112(91)116(108(86)87)111(90)94)121-100-43-25-19-36-81(100)105-80-35-18-24-42-99(80)119(113(105)121)70-28-11-9-12-29-70/h9-66H,1-8H3. The normalized spacial score (nSPS) is 16.1. The second-order valence-electron chi connectivity index (χ2n) is 36.9. The lowest BCUT2D eigenvalue weighted by atomic mass is 9.31. The van der Waals surface area contributed by atoms with Gasteiger partial charge in [0.2, 0.25) is 13.4 Å². The first-order valence-corrected chi connectivity index (χ1v) is 44.2. The Labute approximate surface area is 707 Å². The van der Waals surface area contributed by atoms with Crippen molar-refractivity contribution >= 4 is 155 Å². The van der Waals surface area contributed by atoms with E-state index in [9.17, 15) is 0 Å². The molecule has 6 aromatic heterocycles. The average Bonchev–Trinajstić information content (AvgIpc) is 1.52. The third-order valence-corrected chi connectivity index (χ3v) is 30.4. The molecule has 8 heteroatoms. The van der Waals surface area contributed by atoms with E-state index in [1.54, 1.807) is 5.46 Å². The minimum Gasteiger partial charge on any atom is -0.309 e. The molecular formula is C114H82B2N6. The molecule has 0 amide bonds. The Bertz CT molecular complexity index is 8510. The molecule has 0 bridgehead atoms. The highest BCUT2D eigenvalue weighted by atomic mass is 15.2. The lowest BCUT2D eigenvalue weighted by Gasteiger charge is -2.38. The van der Waals surface area contributed by atoms with Gasteiger partial charge in [-0.25, -0.2) is 0 Å². The van der Waals surface area contributed by atoms with Crippen LogP contribution in [0.15, 0.2) is 315 Å². The Morgan fingerprint density at radius 3 is 0.885 bits per heavy atom. The van der Waals surface area contributed by atoms with Crippen LogP contribution < -0.4 is 32.8 Å². The highest BCUT2D eigenvalue weighted by molar-refractivity contribution is 7.01. The van der Waals surface area contributed by atoms with Crippen LogP contribution in [0, 0.1) is 0 Å². The van der Waals surface area contributed by atoms with Gasteiger partial charge in [0, 0.05) is 112 Å². The van der Waals surface area contributed by atoms with Gasteiger partial charge in [0.05, 0.1) is 44.1 Å². The molecule has 12 heterocycles. The van der Waals surface area contributed by atoms with Crippen LogP contribution in [0.5, 0.6) is 0 Å². The van der Waals surface area contributed by atoms with Crippen molar-refractivity contribution in [2.75, 3.05) is 0 Å². The summed E-state index contributed by atoms with van der Waals surface area (Å²) in [6, 6.07) is 123. The lowest BCUT2D eigenvalue weighted by Crippen LogP contribution is -2.59. The second kappa shape index (κ2) is 23.9. The molecule has 6 aliphatic rings. The Kier molecular flexibility index (Phi) is 13.3. The number of para-hydroxylation sites is 8. The summed E-state index contributed by atoms with van der Waals surface area (Å²) in [5, 5.41) is 12.6. The number of hydrogen-bond donors (Lipinski definition) is 0. The van der Waals surface area contributed by atoms with E-state index in [-0.39, 0.29) is 37.1 Å². The monoisotopic (exact) mass is 1560 g/mol. The van der Waals surface area contributed by atoms with Crippen LogP contribution in [0.25, 0.3) is 177 Å². The molecular weight excluding hydrogens is 1470 g/mol. The van der Waals surface area contributed by atoms with Crippen LogP contribution in [-0.4, -0.2) is 40.8 Å². The van der Waals surface area contributed by atoms with Crippen LogP contribution >= 0.6 is 0 Å². The topological polar surface area (TPSA) is 29.6 Å². The molecule has 0 saturated heterocycles. The van der Waals surface area contributed by atoms with Gasteiger partial charge in [-0.3, -0.25) is 18.3 Å². The van der Waals surface area contributed by atoms with Gasteiger partial charge in [-0.1, -0.05) is 282 Å². The quantitative estimate of drug-likeness (QED) is 0.129. The van der Waals surface area contributed by atoms with Crippen molar-refractivity contribution in [2.24, 2.45) is 0 Å². The summed E-state index contributed by atoms with van der Waals surface area (Å²) in [4.78, 5) is 0. The molecule has 574 valence electrons. The minimum absolute atomic E-state index is 0.117. The smallest absolute Gasteiger partial charge is 0.244 e. The van der Waals surface area contributed by atoms with Crippen LogP contribution in [0.2, 0.25) is 0 Å². The number of hydrogen-bond acceptors (Lipinski definition) is 0. The Hall–Kier alpha value is -14.1. The third kappa shape index (κ3) is 8.48. The molecule has 6 nitrogen and oxygen atoms in total. The van der Waals surface area contributed by atoms with Crippen molar-refractivity contribution < 1.29 is 0 Å². The molecule has 22 aromatic rings. The Morgan fingerprint density at radius 1 is 0.213 bits per heavy atom. The maximum absolute atomic E-state index is 2.66. The minimum atomic E-state index is 0.117. The summed E-state index contributed by atoms with van der Waals surface area (Å²) >= 11 is 0. The van der Waals surface area contributed by atoms with Crippen molar-refractivity contribution in [3.05, 3.63) is 371 Å². The van der Waals surface area contributed by atoms with Crippen LogP contribution in [0.3, 0.4) is 0 Å². The maximum atomic E-state index is 2.66. The SMILES string of the molecule is CC(C)c1cc2c3c(c1)C(C)c1cc(-n4c5ccccc5c5c(-c6ccc7c8c9ccccc9n(-c9cc%10c%11c(c9)C(C)c9cc(C(C)C)cc%12c9B%11c9c-%10cc(-n%10c%11ccccc%11c%11c%13ccccc%13n(-c%13ccccc%13)c%11%10)cc9C%12C)c8n(-c8ccccc8)c7c6)cccc54)cc4c1B3c1c-4cc(-n3c4ccccc4c4ccccc43)cc1C2C. The van der Waals surface area contributed by atoms with Crippen LogP contribution in [-0.2, 0) is 0 Å². The van der Waals surface area contributed by atoms with Gasteiger partial charge in [-0.05, 0) is 222 Å². The number of fused-ring (bicyclic) bond motifs is 18. The van der Waals surface area contributed by atoms with Crippen molar-refractivity contribution in [2.45, 2.75) is 90.9 Å². The summed E-state index contributed by atoms with van der Waals surface area (Å²) in [5.41, 5.74) is 50.5. The predicted octanol–water partition coefficient (Wildman–Crippen LogP) is 24.7. The molecule has 16 aromatic carbocycles. The first kappa shape index (κ1) is 67.8. The fraction of sp³-hybridized carbons (Fsp3) is 0.123. The molecule has 4 unspecified atom stereocenters. The molecule has 0 N–H and O–H groups in total. The van der Waals surface area contributed by atoms with Crippen molar-refractivity contribution in [1.29, 1.82) is 0 Å². The van der Waals surface area contributed by atoms with E-state index < -0.39 is 0 Å². The zero-order chi connectivity index (χ0) is 80.6. The van der Waals surface area contributed by atoms with Gasteiger partial charge < -0.3 is 9.13 Å². The zero-order valence-electron chi connectivity index (χ0n) is 69.3. The van der Waals surface area contributed by atoms with Crippen molar-refractivity contribution in [3.63, 3.8) is 0 Å². The van der Waals surface area contributed by atoms with Crippen molar-refractivity contribution in [3.8, 4) is 67.5 Å². The van der Waals surface area contributed by atoms with Gasteiger partial charge in [0.1, 0.15) is 11.3 Å². The average molecular weight is 1560 g/mol. The van der Waals surface area contributed by atoms with Gasteiger partial charge >= 0.3 is 0 Å². The number of aromatic nitrogens is 6. The van der Waals surface area contributed by atoms with Crippen molar-refractivity contribution in [1.82, 2.24) is 27.4 Å². The number of nitrogens with zero attached hydrogens (tertiary/aromatic N) is 6. The van der Waals surface area contributed by atoms with E-state index >= 15 is 0 Å². The largest absolute Gasteiger partial charge is 0.309 e. The molecule has 0 aliphatic carbocycles. The molecule has 0 fully saturated rings. The summed E-state index contributed by atoms with van der Waals surface area (Å²) in [6.45, 7) is 19.8. The predicted molar refractivity (Wildman–Crippen MR) is 514 cm³/mol. The molecule has 0 saturated carbocycles. The highest BCUT2D eigenvalue weighted by Crippen LogP contribution is 2.53. The zero-order valence-corrected chi connectivity index (χ0v) is 69.3. The van der Waals surface area contributed by atoms with E-state index in [1.165, 1.54) is 243 Å². The molecule has 4 atom stereocenters. The molecule has 28 rings (SSSR count). The maximum Gasteiger partial charge on any atom is 0.244 e. The Morgan fingerprint density at radius 2 is 0.500 bits per heavy atom.